The Kier molecular flexibility index (Phi) is 5.84. The minimum Gasteiger partial charge on any atom is -0.359 e. The Morgan fingerprint density at radius 3 is 2.13 bits per heavy atom. The normalized spacial score (nSPS) is 23.8. The smallest absolute Gasteiger partial charge is 0.240 e. The predicted octanol–water partition coefficient (Wildman–Crippen LogP) is 5.03. The van der Waals surface area contributed by atoms with Gasteiger partial charge in [-0.05, 0) is 49.4 Å². The summed E-state index contributed by atoms with van der Waals surface area (Å²) >= 11 is 6.03. The van der Waals surface area contributed by atoms with E-state index in [1.807, 2.05) is 25.1 Å². The number of fused-ring (bicyclic) bond motifs is 3. The molecule has 6 nitrogen and oxygen atoms in total. The van der Waals surface area contributed by atoms with Crippen molar-refractivity contribution in [3.8, 4) is 0 Å². The molecule has 0 unspecified atom stereocenters. The number of hydrogen-bond acceptors (Lipinski definition) is 5. The third kappa shape index (κ3) is 3.80. The van der Waals surface area contributed by atoms with E-state index in [0.29, 0.717) is 27.4 Å². The number of rotatable bonds is 5. The molecule has 0 radical (unpaired) electrons. The second-order valence-corrected chi connectivity index (χ2v) is 10.2. The van der Waals surface area contributed by atoms with Crippen LogP contribution in [-0.4, -0.2) is 40.4 Å². The van der Waals surface area contributed by atoms with Gasteiger partial charge in [0.1, 0.15) is 6.04 Å². The Labute approximate surface area is 224 Å². The lowest BCUT2D eigenvalue weighted by molar-refractivity contribution is -0.123. The highest BCUT2D eigenvalue weighted by molar-refractivity contribution is 6.30. The van der Waals surface area contributed by atoms with Crippen LogP contribution in [-0.2, 0) is 9.59 Å². The summed E-state index contributed by atoms with van der Waals surface area (Å²) in [5.74, 6) is -2.95. The molecule has 0 aliphatic carbocycles. The second kappa shape index (κ2) is 9.23. The third-order valence-electron chi connectivity index (χ3n) is 7.54. The Morgan fingerprint density at radius 2 is 1.45 bits per heavy atom. The number of halogens is 1. The highest BCUT2D eigenvalue weighted by atomic mass is 35.5. The molecule has 3 heterocycles. The first-order valence-electron chi connectivity index (χ1n) is 12.4. The molecule has 2 saturated heterocycles. The molecular formula is C31H23ClN2O4. The van der Waals surface area contributed by atoms with Crippen LogP contribution in [0.4, 0.5) is 5.69 Å². The molecule has 6 rings (SSSR count). The van der Waals surface area contributed by atoms with E-state index in [9.17, 15) is 19.2 Å². The first-order chi connectivity index (χ1) is 18.3. The van der Waals surface area contributed by atoms with E-state index in [-0.39, 0.29) is 17.5 Å². The largest absolute Gasteiger partial charge is 0.359 e. The second-order valence-electron chi connectivity index (χ2n) is 9.79. The maximum Gasteiger partial charge on any atom is 0.240 e. The van der Waals surface area contributed by atoms with Crippen LogP contribution in [0.5, 0.6) is 0 Å². The molecule has 4 atom stereocenters. The zero-order chi connectivity index (χ0) is 26.6. The molecule has 0 aromatic heterocycles. The zero-order valence-electron chi connectivity index (χ0n) is 20.5. The minimum atomic E-state index is -0.904. The third-order valence-corrected chi connectivity index (χ3v) is 7.79. The first kappa shape index (κ1) is 24.1. The van der Waals surface area contributed by atoms with Crippen LogP contribution in [0.25, 0.3) is 0 Å². The van der Waals surface area contributed by atoms with Gasteiger partial charge < -0.3 is 4.90 Å². The quantitative estimate of drug-likeness (QED) is 0.347. The summed E-state index contributed by atoms with van der Waals surface area (Å²) < 4.78 is 0. The molecular weight excluding hydrogens is 500 g/mol. The molecule has 3 aliphatic heterocycles. The first-order valence-corrected chi connectivity index (χ1v) is 12.7. The fourth-order valence-corrected chi connectivity index (χ4v) is 5.81. The lowest BCUT2D eigenvalue weighted by atomic mass is 9.85. The molecule has 3 aromatic rings. The average Bonchev–Trinajstić information content (AvgIpc) is 3.41. The average molecular weight is 523 g/mol. The van der Waals surface area contributed by atoms with Crippen LogP contribution in [0.1, 0.15) is 26.3 Å². The van der Waals surface area contributed by atoms with Gasteiger partial charge in [-0.3, -0.25) is 19.2 Å². The van der Waals surface area contributed by atoms with Gasteiger partial charge in [0, 0.05) is 27.9 Å². The summed E-state index contributed by atoms with van der Waals surface area (Å²) in [4.78, 5) is 57.7. The molecule has 3 aliphatic rings. The van der Waals surface area contributed by atoms with Crippen molar-refractivity contribution in [2.45, 2.75) is 19.0 Å². The van der Waals surface area contributed by atoms with Crippen LogP contribution in [0.3, 0.4) is 0 Å². The molecule has 3 aromatic carbocycles. The monoisotopic (exact) mass is 522 g/mol. The van der Waals surface area contributed by atoms with E-state index in [1.54, 1.807) is 83.9 Å². The number of allylic oxidation sites excluding steroid dienone is 2. The van der Waals surface area contributed by atoms with Gasteiger partial charge in [0.2, 0.25) is 11.8 Å². The van der Waals surface area contributed by atoms with Gasteiger partial charge in [0.15, 0.2) is 11.6 Å². The molecule has 0 spiro atoms. The van der Waals surface area contributed by atoms with Gasteiger partial charge in [-0.15, -0.1) is 0 Å². The van der Waals surface area contributed by atoms with Crippen molar-refractivity contribution in [3.05, 3.63) is 125 Å². The SMILES string of the molecule is Cc1ccc(N2C(=O)[C@@H]3[C@H](C2=O)[C@@H](C(=O)c2ccc(Cl)cc2)N2C=CC(C(=O)c4ccccc4)=C[C@H]32)cc1. The number of aryl methyl sites for hydroxylation is 1. The van der Waals surface area contributed by atoms with Crippen LogP contribution >= 0.6 is 11.6 Å². The summed E-state index contributed by atoms with van der Waals surface area (Å²) in [6.07, 6.45) is 5.06. The number of ketones is 2. The van der Waals surface area contributed by atoms with Crippen LogP contribution < -0.4 is 4.90 Å². The number of hydrogen-bond donors (Lipinski definition) is 0. The number of amides is 2. The predicted molar refractivity (Wildman–Crippen MR) is 144 cm³/mol. The summed E-state index contributed by atoms with van der Waals surface area (Å²) in [5, 5.41) is 0.492. The maximum atomic E-state index is 13.9. The number of anilines is 1. The van der Waals surface area contributed by atoms with Gasteiger partial charge >= 0.3 is 0 Å². The zero-order valence-corrected chi connectivity index (χ0v) is 21.2. The minimum absolute atomic E-state index is 0.183. The Bertz CT molecular complexity index is 1530. The van der Waals surface area contributed by atoms with Gasteiger partial charge in [-0.2, -0.15) is 0 Å². The molecule has 188 valence electrons. The standard InChI is InChI=1S/C31H23ClN2O4/c1-18-7-13-23(14-8-18)34-30(37)25-24-17-21(28(35)19-5-3-2-4-6-19)15-16-33(24)27(26(25)31(34)38)29(36)20-9-11-22(32)12-10-20/h2-17,24-27H,1H3/t24-,25+,26+,27+/m1/s1. The lowest BCUT2D eigenvalue weighted by Crippen LogP contribution is -2.46. The molecule has 0 saturated carbocycles. The van der Waals surface area contributed by atoms with Gasteiger partial charge in [-0.25, -0.2) is 4.90 Å². The van der Waals surface area contributed by atoms with Crippen molar-refractivity contribution >= 4 is 40.7 Å². The van der Waals surface area contributed by atoms with Crippen molar-refractivity contribution in [2.75, 3.05) is 4.90 Å². The molecule has 2 fully saturated rings. The molecule has 38 heavy (non-hydrogen) atoms. The number of carbonyl (C=O) groups is 4. The van der Waals surface area contributed by atoms with Gasteiger partial charge in [0.05, 0.1) is 23.6 Å². The Morgan fingerprint density at radius 1 is 0.789 bits per heavy atom. The van der Waals surface area contributed by atoms with Crippen molar-refractivity contribution < 1.29 is 19.2 Å². The number of imide groups is 1. The van der Waals surface area contributed by atoms with Crippen molar-refractivity contribution in [1.29, 1.82) is 0 Å². The summed E-state index contributed by atoms with van der Waals surface area (Å²) in [6.45, 7) is 1.93. The summed E-state index contributed by atoms with van der Waals surface area (Å²) in [5.41, 5.74) is 2.82. The van der Waals surface area contributed by atoms with E-state index < -0.39 is 29.8 Å². The van der Waals surface area contributed by atoms with E-state index in [1.165, 1.54) is 4.90 Å². The lowest BCUT2D eigenvalue weighted by Gasteiger charge is -2.32. The van der Waals surface area contributed by atoms with Crippen molar-refractivity contribution in [2.24, 2.45) is 11.8 Å². The fraction of sp³-hybridized carbons (Fsp3) is 0.161. The van der Waals surface area contributed by atoms with E-state index in [0.717, 1.165) is 5.56 Å². The number of carbonyl (C=O) groups excluding carboxylic acids is 4. The van der Waals surface area contributed by atoms with Crippen LogP contribution in [0, 0.1) is 18.8 Å². The topological polar surface area (TPSA) is 74.8 Å². The fourth-order valence-electron chi connectivity index (χ4n) is 5.69. The number of benzene rings is 3. The van der Waals surface area contributed by atoms with Gasteiger partial charge in [0.25, 0.3) is 0 Å². The molecule has 0 bridgehead atoms. The highest BCUT2D eigenvalue weighted by Crippen LogP contribution is 2.47. The van der Waals surface area contributed by atoms with Gasteiger partial charge in [-0.1, -0.05) is 65.7 Å². The number of Topliss-reactive ketones (excluding diaryl/α,β-unsaturated/α-hetero) is 2. The highest BCUT2D eigenvalue weighted by Gasteiger charge is 2.63. The van der Waals surface area contributed by atoms with Crippen LogP contribution in [0.15, 0.2) is 103 Å². The molecule has 0 N–H and O–H groups in total. The van der Waals surface area contributed by atoms with E-state index >= 15 is 0 Å². The van der Waals surface area contributed by atoms with Crippen molar-refractivity contribution in [1.82, 2.24) is 4.90 Å². The van der Waals surface area contributed by atoms with Crippen LogP contribution in [0.2, 0.25) is 5.02 Å². The summed E-state index contributed by atoms with van der Waals surface area (Å²) in [6, 6.07) is 21.0. The van der Waals surface area contributed by atoms with E-state index in [4.69, 9.17) is 11.6 Å². The maximum absolute atomic E-state index is 13.9. The molecule has 2 amide bonds. The molecule has 7 heteroatoms. The summed E-state index contributed by atoms with van der Waals surface area (Å²) in [7, 11) is 0. The van der Waals surface area contributed by atoms with E-state index in [2.05, 4.69) is 0 Å². The van der Waals surface area contributed by atoms with Crippen molar-refractivity contribution in [3.63, 3.8) is 0 Å². The Hall–Kier alpha value is -4.29. The Balaban J connectivity index is 1.43. The number of nitrogens with zero attached hydrogens (tertiary/aromatic N) is 2.